The summed E-state index contributed by atoms with van der Waals surface area (Å²) in [5.41, 5.74) is 0.683. The highest BCUT2D eigenvalue weighted by atomic mass is 19.1. The highest BCUT2D eigenvalue weighted by molar-refractivity contribution is 6.13. The molecule has 0 amide bonds. The lowest BCUT2D eigenvalue weighted by Crippen LogP contribution is -2.27. The molecular weight excluding hydrogens is 297 g/mol. The van der Waals surface area contributed by atoms with E-state index in [0.29, 0.717) is 22.9 Å². The van der Waals surface area contributed by atoms with Crippen molar-refractivity contribution < 1.29 is 18.7 Å². The maximum Gasteiger partial charge on any atom is 0.419 e. The molecule has 3 aromatic rings. The molecule has 0 radical (unpaired) electrons. The Morgan fingerprint density at radius 3 is 2.30 bits per heavy atom. The van der Waals surface area contributed by atoms with Gasteiger partial charge in [0, 0.05) is 16.3 Å². The number of nitrogens with zero attached hydrogens (tertiary/aromatic N) is 1. The van der Waals surface area contributed by atoms with Crippen molar-refractivity contribution in [3.05, 3.63) is 47.8 Å². The fraction of sp³-hybridized carbons (Fsp3) is 0.222. The van der Waals surface area contributed by atoms with Gasteiger partial charge in [-0.2, -0.15) is 0 Å². The highest BCUT2D eigenvalue weighted by Crippen LogP contribution is 2.31. The summed E-state index contributed by atoms with van der Waals surface area (Å²) in [7, 11) is 0. The monoisotopic (exact) mass is 313 g/mol. The summed E-state index contributed by atoms with van der Waals surface area (Å²) in [6, 6.07) is 9.27. The van der Waals surface area contributed by atoms with Gasteiger partial charge in [0.05, 0.1) is 11.0 Å². The third-order valence-electron chi connectivity index (χ3n) is 3.47. The average molecular weight is 313 g/mol. The van der Waals surface area contributed by atoms with Crippen molar-refractivity contribution in [3.8, 4) is 0 Å². The molecule has 0 atom stereocenters. The van der Waals surface area contributed by atoms with Gasteiger partial charge in [0.25, 0.3) is 0 Å². The molecule has 23 heavy (non-hydrogen) atoms. The van der Waals surface area contributed by atoms with Crippen molar-refractivity contribution in [2.24, 2.45) is 0 Å². The molecule has 118 valence electrons. The number of hydrogen-bond acceptors (Lipinski definition) is 3. The number of hydrogen-bond donors (Lipinski definition) is 0. The van der Waals surface area contributed by atoms with Crippen LogP contribution in [0.15, 0.2) is 36.4 Å². The zero-order valence-corrected chi connectivity index (χ0v) is 13.1. The van der Waals surface area contributed by atoms with Crippen LogP contribution in [0.5, 0.6) is 0 Å². The predicted molar refractivity (Wildman–Crippen MR) is 86.4 cm³/mol. The van der Waals surface area contributed by atoms with Crippen LogP contribution >= 0.6 is 0 Å². The van der Waals surface area contributed by atoms with Crippen LogP contribution in [0.2, 0.25) is 0 Å². The molecule has 0 saturated heterocycles. The molecule has 0 aliphatic carbocycles. The van der Waals surface area contributed by atoms with E-state index in [0.717, 1.165) is 10.8 Å². The molecular formula is C18H16FNO3. The number of carbonyl (C=O) groups excluding carboxylic acids is 2. The molecule has 1 aromatic heterocycles. The molecule has 0 aliphatic heterocycles. The summed E-state index contributed by atoms with van der Waals surface area (Å²) >= 11 is 0. The molecule has 0 unspecified atom stereocenters. The summed E-state index contributed by atoms with van der Waals surface area (Å²) in [6.45, 7) is 5.28. The first-order valence-electron chi connectivity index (χ1n) is 7.22. The van der Waals surface area contributed by atoms with Gasteiger partial charge in [-0.25, -0.2) is 13.8 Å². The predicted octanol–water partition coefficient (Wildman–Crippen LogP) is 4.53. The van der Waals surface area contributed by atoms with Crippen LogP contribution in [0.1, 0.15) is 31.1 Å². The maximum atomic E-state index is 13.7. The minimum absolute atomic E-state index is 0.414. The Labute approximate surface area is 132 Å². The Bertz CT molecular complexity index is 935. The molecule has 5 heteroatoms. The number of benzene rings is 2. The van der Waals surface area contributed by atoms with Crippen molar-refractivity contribution in [1.82, 2.24) is 4.57 Å². The van der Waals surface area contributed by atoms with E-state index in [2.05, 4.69) is 0 Å². The van der Waals surface area contributed by atoms with E-state index in [1.807, 2.05) is 0 Å². The molecule has 0 saturated carbocycles. The number of ether oxygens (including phenoxy) is 1. The van der Waals surface area contributed by atoms with E-state index >= 15 is 0 Å². The minimum Gasteiger partial charge on any atom is -0.443 e. The summed E-state index contributed by atoms with van der Waals surface area (Å²) in [5.74, 6) is -0.444. The van der Waals surface area contributed by atoms with Crippen molar-refractivity contribution >= 4 is 34.2 Å². The van der Waals surface area contributed by atoms with Crippen LogP contribution in [0.3, 0.4) is 0 Å². The van der Waals surface area contributed by atoms with Crippen LogP contribution < -0.4 is 0 Å². The van der Waals surface area contributed by atoms with Crippen molar-refractivity contribution in [3.63, 3.8) is 0 Å². The quantitative estimate of drug-likeness (QED) is 0.620. The Hall–Kier alpha value is -2.69. The van der Waals surface area contributed by atoms with Crippen LogP contribution in [0.25, 0.3) is 21.8 Å². The van der Waals surface area contributed by atoms with Crippen LogP contribution in [-0.4, -0.2) is 22.5 Å². The van der Waals surface area contributed by atoms with E-state index < -0.39 is 17.5 Å². The third kappa shape index (κ3) is 2.70. The number of rotatable bonds is 1. The number of carbonyl (C=O) groups is 2. The first-order chi connectivity index (χ1) is 10.8. The first kappa shape index (κ1) is 15.2. The molecule has 1 heterocycles. The van der Waals surface area contributed by atoms with Crippen LogP contribution in [0.4, 0.5) is 9.18 Å². The number of fused-ring (bicyclic) bond motifs is 3. The lowest BCUT2D eigenvalue weighted by Gasteiger charge is -2.20. The lowest BCUT2D eigenvalue weighted by atomic mass is 10.1. The second-order valence-electron chi connectivity index (χ2n) is 6.37. The van der Waals surface area contributed by atoms with E-state index in [9.17, 15) is 14.0 Å². The van der Waals surface area contributed by atoms with Gasteiger partial charge >= 0.3 is 6.09 Å². The topological polar surface area (TPSA) is 48.3 Å². The van der Waals surface area contributed by atoms with Gasteiger partial charge in [0.15, 0.2) is 0 Å². The van der Waals surface area contributed by atoms with Crippen molar-refractivity contribution in [2.75, 3.05) is 0 Å². The number of halogens is 1. The Morgan fingerprint density at radius 2 is 1.70 bits per heavy atom. The highest BCUT2D eigenvalue weighted by Gasteiger charge is 2.22. The summed E-state index contributed by atoms with van der Waals surface area (Å²) in [5, 5.41) is 1.49. The Kier molecular flexibility index (Phi) is 3.43. The molecule has 0 fully saturated rings. The third-order valence-corrected chi connectivity index (χ3v) is 3.47. The second kappa shape index (κ2) is 5.19. The molecule has 4 nitrogen and oxygen atoms in total. The van der Waals surface area contributed by atoms with Gasteiger partial charge < -0.3 is 4.74 Å². The number of aldehydes is 1. The van der Waals surface area contributed by atoms with Gasteiger partial charge in [0.1, 0.15) is 17.7 Å². The van der Waals surface area contributed by atoms with Crippen LogP contribution in [0, 0.1) is 5.82 Å². The summed E-state index contributed by atoms with van der Waals surface area (Å²) in [6.07, 6.45) is 0.100. The average Bonchev–Trinajstić information content (AvgIpc) is 2.77. The van der Waals surface area contributed by atoms with Gasteiger partial charge in [-0.05, 0) is 45.0 Å². The molecule has 0 spiro atoms. The van der Waals surface area contributed by atoms with Gasteiger partial charge in [0.2, 0.25) is 0 Å². The summed E-state index contributed by atoms with van der Waals surface area (Å²) < 4.78 is 20.4. The number of aromatic nitrogens is 1. The standard InChI is InChI=1S/C18H16FNO3/c1-18(2,3)23-17(22)20-15-8-11(10-21)4-6-13(15)14-7-5-12(19)9-16(14)20/h4-10H,1-3H3. The smallest absolute Gasteiger partial charge is 0.419 e. The van der Waals surface area contributed by atoms with E-state index in [1.54, 1.807) is 45.0 Å². The van der Waals surface area contributed by atoms with Crippen molar-refractivity contribution in [2.45, 2.75) is 26.4 Å². The second-order valence-corrected chi connectivity index (χ2v) is 6.37. The maximum absolute atomic E-state index is 13.7. The zero-order chi connectivity index (χ0) is 16.8. The normalized spacial score (nSPS) is 11.8. The fourth-order valence-electron chi connectivity index (χ4n) is 2.59. The van der Waals surface area contributed by atoms with E-state index in [-0.39, 0.29) is 0 Å². The van der Waals surface area contributed by atoms with E-state index in [1.165, 1.54) is 16.7 Å². The molecule has 3 rings (SSSR count). The molecule has 0 bridgehead atoms. The molecule has 0 N–H and O–H groups in total. The fourth-order valence-corrected chi connectivity index (χ4v) is 2.59. The molecule has 2 aromatic carbocycles. The zero-order valence-electron chi connectivity index (χ0n) is 13.1. The van der Waals surface area contributed by atoms with Gasteiger partial charge in [-0.3, -0.25) is 4.79 Å². The van der Waals surface area contributed by atoms with E-state index in [4.69, 9.17) is 4.74 Å². The van der Waals surface area contributed by atoms with Gasteiger partial charge in [-0.1, -0.05) is 12.1 Å². The Morgan fingerprint density at radius 1 is 1.09 bits per heavy atom. The molecule has 0 aliphatic rings. The first-order valence-corrected chi connectivity index (χ1v) is 7.22. The lowest BCUT2D eigenvalue weighted by molar-refractivity contribution is 0.0551. The van der Waals surface area contributed by atoms with Crippen molar-refractivity contribution in [1.29, 1.82) is 0 Å². The SMILES string of the molecule is CC(C)(C)OC(=O)n1c2cc(F)ccc2c2ccc(C=O)cc21. The largest absolute Gasteiger partial charge is 0.443 e. The Balaban J connectivity index is 2.36. The van der Waals surface area contributed by atoms with Crippen LogP contribution in [-0.2, 0) is 4.74 Å². The van der Waals surface area contributed by atoms with Gasteiger partial charge in [-0.15, -0.1) is 0 Å². The minimum atomic E-state index is -0.685. The summed E-state index contributed by atoms with van der Waals surface area (Å²) in [4.78, 5) is 23.6.